The van der Waals surface area contributed by atoms with Crippen LogP contribution >= 0.6 is 0 Å². The molecule has 1 amide bonds. The summed E-state index contributed by atoms with van der Waals surface area (Å²) in [4.78, 5) is 36.8. The number of amides is 1. The van der Waals surface area contributed by atoms with Crippen molar-refractivity contribution < 1.29 is 24.4 Å². The summed E-state index contributed by atoms with van der Waals surface area (Å²) in [6.45, 7) is 3.73. The number of non-ortho nitro benzene ring substituents is 1. The highest BCUT2D eigenvalue weighted by Gasteiger charge is 2.41. The predicted molar refractivity (Wildman–Crippen MR) is 106 cm³/mol. The number of anilines is 1. The number of carbonyl (C=O) groups is 2. The van der Waals surface area contributed by atoms with Crippen molar-refractivity contribution in [2.45, 2.75) is 45.3 Å². The Morgan fingerprint density at radius 3 is 2.55 bits per heavy atom. The van der Waals surface area contributed by atoms with Gasteiger partial charge in [-0.15, -0.1) is 0 Å². The number of carboxylic acids is 1. The minimum Gasteiger partial charge on any atom is -0.480 e. The smallest absolute Gasteiger partial charge is 0.326 e. The number of ether oxygens (including phenoxy) is 1. The van der Waals surface area contributed by atoms with E-state index in [4.69, 9.17) is 4.74 Å². The first-order valence-electron chi connectivity index (χ1n) is 9.38. The third-order valence-corrected chi connectivity index (χ3v) is 4.99. The first-order valence-corrected chi connectivity index (χ1v) is 9.38. The van der Waals surface area contributed by atoms with E-state index < -0.39 is 28.9 Å². The van der Waals surface area contributed by atoms with Crippen LogP contribution in [0.5, 0.6) is 5.75 Å². The van der Waals surface area contributed by atoms with Crippen LogP contribution in [0, 0.1) is 17.0 Å². The van der Waals surface area contributed by atoms with E-state index in [1.54, 1.807) is 6.92 Å². The normalized spacial score (nSPS) is 16.7. The molecule has 3 rings (SSSR count). The average molecular weight is 398 g/mol. The van der Waals surface area contributed by atoms with Gasteiger partial charge in [0.1, 0.15) is 11.8 Å². The van der Waals surface area contributed by atoms with E-state index in [0.717, 1.165) is 16.0 Å². The van der Waals surface area contributed by atoms with E-state index in [1.807, 2.05) is 31.2 Å². The van der Waals surface area contributed by atoms with Gasteiger partial charge >= 0.3 is 5.97 Å². The van der Waals surface area contributed by atoms with E-state index in [2.05, 4.69) is 0 Å². The fraction of sp³-hybridized carbons (Fsp3) is 0.333. The number of benzene rings is 2. The molecule has 0 saturated carbocycles. The van der Waals surface area contributed by atoms with Crippen LogP contribution in [0.4, 0.5) is 11.4 Å². The lowest BCUT2D eigenvalue weighted by Crippen LogP contribution is -2.53. The van der Waals surface area contributed by atoms with Crippen molar-refractivity contribution in [2.24, 2.45) is 0 Å². The molecule has 1 heterocycles. The highest BCUT2D eigenvalue weighted by atomic mass is 16.6. The fourth-order valence-corrected chi connectivity index (χ4v) is 3.39. The van der Waals surface area contributed by atoms with Gasteiger partial charge in [0, 0.05) is 12.1 Å². The lowest BCUT2D eigenvalue weighted by molar-refractivity contribution is -0.384. The topological polar surface area (TPSA) is 110 Å². The molecule has 0 saturated heterocycles. The molecule has 2 aromatic carbocycles. The highest BCUT2D eigenvalue weighted by molar-refractivity contribution is 6.04. The van der Waals surface area contributed by atoms with Crippen LogP contribution in [0.25, 0.3) is 0 Å². The van der Waals surface area contributed by atoms with Gasteiger partial charge in [-0.2, -0.15) is 0 Å². The van der Waals surface area contributed by atoms with E-state index in [9.17, 15) is 24.8 Å². The third kappa shape index (κ3) is 4.21. The monoisotopic (exact) mass is 398 g/mol. The fourth-order valence-electron chi connectivity index (χ4n) is 3.39. The second-order valence-corrected chi connectivity index (χ2v) is 7.01. The summed E-state index contributed by atoms with van der Waals surface area (Å²) in [5.74, 6) is -1.40. The molecule has 29 heavy (non-hydrogen) atoms. The number of nitro benzene ring substituents is 1. The lowest BCUT2D eigenvalue weighted by atomic mass is 10.0. The van der Waals surface area contributed by atoms with Crippen molar-refractivity contribution in [2.75, 3.05) is 4.90 Å². The van der Waals surface area contributed by atoms with Crippen LogP contribution in [-0.4, -0.2) is 34.1 Å². The van der Waals surface area contributed by atoms with Crippen LogP contribution in [0.3, 0.4) is 0 Å². The van der Waals surface area contributed by atoms with Gasteiger partial charge < -0.3 is 9.84 Å². The second kappa shape index (κ2) is 8.30. The Labute approximate surface area is 167 Å². The van der Waals surface area contributed by atoms with Gasteiger partial charge in [-0.25, -0.2) is 4.79 Å². The van der Waals surface area contributed by atoms with Crippen LogP contribution in [-0.2, 0) is 16.0 Å². The number of aliphatic carboxylic acids is 1. The molecule has 2 aromatic rings. The van der Waals surface area contributed by atoms with Gasteiger partial charge in [-0.05, 0) is 37.8 Å². The average Bonchev–Trinajstić information content (AvgIpc) is 2.69. The van der Waals surface area contributed by atoms with Gasteiger partial charge in [-0.1, -0.05) is 36.8 Å². The van der Waals surface area contributed by atoms with Gasteiger partial charge in [-0.3, -0.25) is 19.8 Å². The van der Waals surface area contributed by atoms with Gasteiger partial charge in [0.15, 0.2) is 6.10 Å². The Kier molecular flexibility index (Phi) is 5.81. The zero-order chi connectivity index (χ0) is 21.1. The third-order valence-electron chi connectivity index (χ3n) is 4.99. The summed E-state index contributed by atoms with van der Waals surface area (Å²) in [7, 11) is 0. The number of carbonyl (C=O) groups excluding carboxylic acids is 1. The Morgan fingerprint density at radius 2 is 1.97 bits per heavy atom. The molecule has 0 fully saturated rings. The molecule has 0 radical (unpaired) electrons. The number of carboxylic acid groups (broad SMARTS) is 1. The minimum atomic E-state index is -1.17. The minimum absolute atomic E-state index is 0.116. The molecule has 0 aromatic heterocycles. The van der Waals surface area contributed by atoms with Crippen molar-refractivity contribution in [1.82, 2.24) is 0 Å². The maximum absolute atomic E-state index is 13.0. The first kappa shape index (κ1) is 20.3. The molecule has 2 unspecified atom stereocenters. The van der Waals surface area contributed by atoms with Gasteiger partial charge in [0.25, 0.3) is 11.6 Å². The Bertz CT molecular complexity index is 941. The van der Waals surface area contributed by atoms with Crippen molar-refractivity contribution in [3.05, 3.63) is 63.7 Å². The Morgan fingerprint density at radius 1 is 1.28 bits per heavy atom. The van der Waals surface area contributed by atoms with Gasteiger partial charge in [0.05, 0.1) is 10.6 Å². The van der Waals surface area contributed by atoms with E-state index in [0.29, 0.717) is 12.8 Å². The van der Waals surface area contributed by atoms with Crippen molar-refractivity contribution in [3.63, 3.8) is 0 Å². The zero-order valence-corrected chi connectivity index (χ0v) is 16.2. The Balaban J connectivity index is 1.97. The molecule has 0 bridgehead atoms. The number of aryl methyl sites for hydroxylation is 2. The molecule has 1 N–H and O–H groups in total. The second-order valence-electron chi connectivity index (χ2n) is 7.01. The molecular formula is C21H22N2O6. The quantitative estimate of drug-likeness (QED) is 0.565. The van der Waals surface area contributed by atoms with Crippen LogP contribution in [0.2, 0.25) is 0 Å². The van der Waals surface area contributed by atoms with E-state index in [1.165, 1.54) is 18.2 Å². The van der Waals surface area contributed by atoms with Crippen LogP contribution in [0.1, 0.15) is 30.9 Å². The number of hydrogen-bond donors (Lipinski definition) is 1. The number of hydrogen-bond acceptors (Lipinski definition) is 5. The number of rotatable bonds is 7. The summed E-state index contributed by atoms with van der Waals surface area (Å²) >= 11 is 0. The maximum Gasteiger partial charge on any atom is 0.326 e. The van der Waals surface area contributed by atoms with E-state index >= 15 is 0 Å². The molecule has 1 aliphatic heterocycles. The molecule has 8 nitrogen and oxygen atoms in total. The summed E-state index contributed by atoms with van der Waals surface area (Å²) in [5.41, 5.74) is 1.93. The van der Waals surface area contributed by atoms with Crippen molar-refractivity contribution in [1.29, 1.82) is 0 Å². The molecule has 0 spiro atoms. The van der Waals surface area contributed by atoms with Crippen LogP contribution in [0.15, 0.2) is 42.5 Å². The van der Waals surface area contributed by atoms with Gasteiger partial charge in [0.2, 0.25) is 0 Å². The van der Waals surface area contributed by atoms with E-state index in [-0.39, 0.29) is 23.5 Å². The standard InChI is InChI=1S/C21H22N2O6/c1-3-18-20(24)22(17-12-15(23(27)28)9-11-19(17)29-18)16(21(25)26)10-8-14-6-4-13(2)5-7-14/h4-7,9,11-12,16,18H,3,8,10H2,1-2H3,(H,25,26). The Hall–Kier alpha value is -3.42. The van der Waals surface area contributed by atoms with Crippen LogP contribution < -0.4 is 9.64 Å². The maximum atomic E-state index is 13.0. The largest absolute Gasteiger partial charge is 0.480 e. The molecule has 8 heteroatoms. The molecule has 0 aliphatic carbocycles. The first-order chi connectivity index (χ1) is 13.8. The highest BCUT2D eigenvalue weighted by Crippen LogP contribution is 2.39. The predicted octanol–water partition coefficient (Wildman–Crippen LogP) is 3.49. The molecular weight excluding hydrogens is 376 g/mol. The lowest BCUT2D eigenvalue weighted by Gasteiger charge is -2.37. The number of nitrogens with zero attached hydrogens (tertiary/aromatic N) is 2. The summed E-state index contributed by atoms with van der Waals surface area (Å²) in [6, 6.07) is 10.4. The molecule has 2 atom stereocenters. The molecule has 1 aliphatic rings. The molecule has 152 valence electrons. The van der Waals surface area contributed by atoms with Crippen molar-refractivity contribution >= 4 is 23.3 Å². The zero-order valence-electron chi connectivity index (χ0n) is 16.2. The number of fused-ring (bicyclic) bond motifs is 1. The van der Waals surface area contributed by atoms with Crippen molar-refractivity contribution in [3.8, 4) is 5.75 Å². The summed E-state index contributed by atoms with van der Waals surface area (Å²) < 4.78 is 5.66. The number of nitro groups is 1. The summed E-state index contributed by atoms with van der Waals surface area (Å²) in [6.07, 6.45) is 0.145. The summed E-state index contributed by atoms with van der Waals surface area (Å²) in [5, 5.41) is 21.0. The SMILES string of the molecule is CCC1Oc2ccc([N+](=O)[O-])cc2N(C(CCc2ccc(C)cc2)C(=O)O)C1=O.